The molecule has 1 fully saturated rings. The number of methoxy groups -OCH3 is 1. The molecule has 194 valence electrons. The van der Waals surface area contributed by atoms with Gasteiger partial charge in [-0.15, -0.1) is 0 Å². The Bertz CT molecular complexity index is 1090. The van der Waals surface area contributed by atoms with Gasteiger partial charge in [-0.25, -0.2) is 0 Å². The molecule has 0 saturated carbocycles. The lowest BCUT2D eigenvalue weighted by Crippen LogP contribution is -3.12. The molecule has 1 saturated heterocycles. The summed E-state index contributed by atoms with van der Waals surface area (Å²) in [6, 6.07) is 11.1. The molecule has 8 nitrogen and oxygen atoms in total. The van der Waals surface area contributed by atoms with Crippen LogP contribution in [0.25, 0.3) is 5.76 Å². The van der Waals surface area contributed by atoms with Crippen molar-refractivity contribution < 1.29 is 33.8 Å². The third-order valence-corrected chi connectivity index (χ3v) is 6.47. The highest BCUT2D eigenvalue weighted by Crippen LogP contribution is 2.41. The van der Waals surface area contributed by atoms with Crippen molar-refractivity contribution in [3.05, 3.63) is 59.2 Å². The number of likely N-dealkylation sites (tertiary alicyclic amines) is 1. The molecule has 1 heterocycles. The molecule has 1 aliphatic heterocycles. The number of benzene rings is 2. The highest BCUT2D eigenvalue weighted by atomic mass is 16.5. The van der Waals surface area contributed by atoms with Crippen molar-refractivity contribution in [1.29, 1.82) is 0 Å². The SMILES string of the molecule is CCOc1ccc(C([O-])=C2C(=O)C(=O)N(CC[NH+](CC)CC)C2c2ccc(OCC)c(OC)c2)cc1. The number of carbonyl (C=O) groups is 2. The minimum absolute atomic E-state index is 0.0510. The number of hydrogen-bond acceptors (Lipinski definition) is 6. The number of quaternary nitrogens is 1. The zero-order chi connectivity index (χ0) is 26.2. The smallest absolute Gasteiger partial charge is 0.295 e. The molecule has 1 N–H and O–H groups in total. The molecule has 1 amide bonds. The van der Waals surface area contributed by atoms with E-state index in [2.05, 4.69) is 13.8 Å². The predicted octanol–water partition coefficient (Wildman–Crippen LogP) is 1.64. The van der Waals surface area contributed by atoms with E-state index in [0.29, 0.717) is 54.7 Å². The summed E-state index contributed by atoms with van der Waals surface area (Å²) in [5.41, 5.74) is 0.900. The Balaban J connectivity index is 2.12. The maximum atomic E-state index is 13.6. The maximum Gasteiger partial charge on any atom is 0.295 e. The average molecular weight is 497 g/mol. The van der Waals surface area contributed by atoms with Crippen LogP contribution in [0.5, 0.6) is 17.2 Å². The summed E-state index contributed by atoms with van der Waals surface area (Å²) in [6.07, 6.45) is 0. The number of hydrogen-bond donors (Lipinski definition) is 1. The van der Waals surface area contributed by atoms with E-state index in [1.165, 1.54) is 16.9 Å². The monoisotopic (exact) mass is 496 g/mol. The van der Waals surface area contributed by atoms with E-state index in [1.807, 2.05) is 13.8 Å². The lowest BCUT2D eigenvalue weighted by Gasteiger charge is -2.29. The third kappa shape index (κ3) is 5.65. The van der Waals surface area contributed by atoms with Crippen molar-refractivity contribution >= 4 is 17.4 Å². The van der Waals surface area contributed by atoms with E-state index in [0.717, 1.165) is 13.1 Å². The normalized spacial score (nSPS) is 17.1. The molecule has 1 unspecified atom stereocenters. The van der Waals surface area contributed by atoms with E-state index in [9.17, 15) is 14.7 Å². The number of ether oxygens (including phenoxy) is 3. The number of Topliss-reactive ketones (excluding diaryl/α,β-unsaturated/α-hetero) is 1. The first-order valence-electron chi connectivity index (χ1n) is 12.5. The van der Waals surface area contributed by atoms with Gasteiger partial charge in [-0.1, -0.05) is 24.0 Å². The maximum absolute atomic E-state index is 13.6. The largest absolute Gasteiger partial charge is 0.872 e. The summed E-state index contributed by atoms with van der Waals surface area (Å²) < 4.78 is 16.6. The fourth-order valence-electron chi connectivity index (χ4n) is 4.48. The summed E-state index contributed by atoms with van der Waals surface area (Å²) >= 11 is 0. The summed E-state index contributed by atoms with van der Waals surface area (Å²) in [7, 11) is 1.53. The average Bonchev–Trinajstić information content (AvgIpc) is 3.15. The molecule has 0 aromatic heterocycles. The Morgan fingerprint density at radius 1 is 0.944 bits per heavy atom. The minimum atomic E-state index is -0.816. The molecular weight excluding hydrogens is 460 g/mol. The van der Waals surface area contributed by atoms with Gasteiger partial charge in [0.25, 0.3) is 5.91 Å². The van der Waals surface area contributed by atoms with Gasteiger partial charge in [-0.3, -0.25) is 9.59 Å². The molecule has 0 bridgehead atoms. The minimum Gasteiger partial charge on any atom is -0.872 e. The van der Waals surface area contributed by atoms with Crippen LogP contribution in [0.1, 0.15) is 44.9 Å². The van der Waals surface area contributed by atoms with Crippen LogP contribution in [-0.2, 0) is 9.59 Å². The lowest BCUT2D eigenvalue weighted by atomic mass is 9.95. The Morgan fingerprint density at radius 3 is 2.19 bits per heavy atom. The van der Waals surface area contributed by atoms with Crippen molar-refractivity contribution in [2.75, 3.05) is 46.5 Å². The number of nitrogens with one attached hydrogen (secondary N) is 1. The van der Waals surface area contributed by atoms with Crippen LogP contribution < -0.4 is 24.2 Å². The number of nitrogens with zero attached hydrogens (tertiary/aromatic N) is 1. The summed E-state index contributed by atoms with van der Waals surface area (Å²) in [4.78, 5) is 29.3. The first-order chi connectivity index (χ1) is 17.4. The zero-order valence-electron chi connectivity index (χ0n) is 21.8. The second kappa shape index (κ2) is 12.4. The third-order valence-electron chi connectivity index (χ3n) is 6.47. The number of ketones is 1. The van der Waals surface area contributed by atoms with Gasteiger partial charge >= 0.3 is 0 Å². The molecule has 8 heteroatoms. The van der Waals surface area contributed by atoms with Crippen LogP contribution in [0.3, 0.4) is 0 Å². The van der Waals surface area contributed by atoms with Gasteiger partial charge < -0.3 is 29.1 Å². The van der Waals surface area contributed by atoms with Gasteiger partial charge in [0.15, 0.2) is 11.5 Å². The van der Waals surface area contributed by atoms with E-state index in [1.54, 1.807) is 42.5 Å². The second-order valence-electron chi connectivity index (χ2n) is 8.48. The number of likely N-dealkylation sites (N-methyl/N-ethyl adjacent to an activating group) is 1. The molecule has 0 radical (unpaired) electrons. The fourth-order valence-corrected chi connectivity index (χ4v) is 4.48. The van der Waals surface area contributed by atoms with Crippen molar-refractivity contribution in [3.63, 3.8) is 0 Å². The quantitative estimate of drug-likeness (QED) is 0.273. The molecule has 0 aliphatic carbocycles. The van der Waals surface area contributed by atoms with Crippen LogP contribution >= 0.6 is 0 Å². The van der Waals surface area contributed by atoms with Crippen molar-refractivity contribution in [2.45, 2.75) is 33.7 Å². The van der Waals surface area contributed by atoms with Gasteiger partial charge in [0, 0.05) is 5.57 Å². The Kier molecular flexibility index (Phi) is 9.36. The van der Waals surface area contributed by atoms with Gasteiger partial charge in [-0.2, -0.15) is 0 Å². The molecule has 36 heavy (non-hydrogen) atoms. The molecule has 1 atom stereocenters. The molecule has 1 aliphatic rings. The zero-order valence-corrected chi connectivity index (χ0v) is 21.8. The van der Waals surface area contributed by atoms with Crippen LogP contribution in [-0.4, -0.2) is 63.1 Å². The number of amides is 1. The lowest BCUT2D eigenvalue weighted by molar-refractivity contribution is -0.895. The summed E-state index contributed by atoms with van der Waals surface area (Å²) in [5.74, 6) is -0.229. The molecule has 0 spiro atoms. The van der Waals surface area contributed by atoms with Gasteiger partial charge in [0.05, 0.1) is 52.5 Å². The van der Waals surface area contributed by atoms with E-state index >= 15 is 0 Å². The second-order valence-corrected chi connectivity index (χ2v) is 8.48. The van der Waals surface area contributed by atoms with E-state index in [4.69, 9.17) is 14.2 Å². The summed E-state index contributed by atoms with van der Waals surface area (Å²) in [5, 5.41) is 13.6. The van der Waals surface area contributed by atoms with Crippen LogP contribution in [0.15, 0.2) is 48.0 Å². The first kappa shape index (κ1) is 27.1. The van der Waals surface area contributed by atoms with Gasteiger partial charge in [0.2, 0.25) is 5.78 Å². The Labute approximate surface area is 213 Å². The molecule has 2 aromatic carbocycles. The predicted molar refractivity (Wildman–Crippen MR) is 135 cm³/mol. The van der Waals surface area contributed by atoms with Gasteiger partial charge in [-0.05, 0) is 63.1 Å². The van der Waals surface area contributed by atoms with E-state index < -0.39 is 23.5 Å². The number of carbonyl (C=O) groups excluding carboxylic acids is 2. The van der Waals surface area contributed by atoms with E-state index in [-0.39, 0.29) is 5.57 Å². The highest BCUT2D eigenvalue weighted by Gasteiger charge is 2.44. The van der Waals surface area contributed by atoms with Crippen LogP contribution in [0.4, 0.5) is 0 Å². The molecule has 2 aromatic rings. The molecule has 3 rings (SSSR count). The van der Waals surface area contributed by atoms with Crippen molar-refractivity contribution in [2.24, 2.45) is 0 Å². The standard InChI is InChI=1S/C28H36N2O6/c1-6-29(7-2)16-17-30-25(20-12-15-22(36-9-4)23(18-20)34-5)24(27(32)28(30)33)26(31)19-10-13-21(14-11-19)35-8-3/h10-15,18,25,31H,6-9,16-17H2,1-5H3. The van der Waals surface area contributed by atoms with Crippen LogP contribution in [0.2, 0.25) is 0 Å². The summed E-state index contributed by atoms with van der Waals surface area (Å²) in [6.45, 7) is 11.7. The van der Waals surface area contributed by atoms with Crippen molar-refractivity contribution in [1.82, 2.24) is 4.90 Å². The molecular formula is C28H36N2O6. The number of rotatable bonds is 12. The van der Waals surface area contributed by atoms with Crippen molar-refractivity contribution in [3.8, 4) is 17.2 Å². The topological polar surface area (TPSA) is 92.6 Å². The Morgan fingerprint density at radius 2 is 1.61 bits per heavy atom. The Hall–Kier alpha value is -3.52. The first-order valence-corrected chi connectivity index (χ1v) is 12.5. The highest BCUT2D eigenvalue weighted by molar-refractivity contribution is 6.46. The fraction of sp³-hybridized carbons (Fsp3) is 0.429. The van der Waals surface area contributed by atoms with Gasteiger partial charge in [0.1, 0.15) is 5.75 Å². The van der Waals surface area contributed by atoms with Crippen LogP contribution in [0, 0.1) is 0 Å².